The third-order valence-corrected chi connectivity index (χ3v) is 6.80. The lowest BCUT2D eigenvalue weighted by atomic mass is 10.1. The highest BCUT2D eigenvalue weighted by Gasteiger charge is 2.27. The van der Waals surface area contributed by atoms with E-state index in [0.717, 1.165) is 19.3 Å². The summed E-state index contributed by atoms with van der Waals surface area (Å²) in [6.45, 7) is 0.965. The number of non-ortho nitro benzene ring substituents is 1. The van der Waals surface area contributed by atoms with Crippen molar-refractivity contribution in [2.24, 2.45) is 0 Å². The second-order valence-corrected chi connectivity index (χ2v) is 8.91. The molecular weight excluding hydrogens is 410 g/mol. The maximum Gasteiger partial charge on any atom is 0.269 e. The minimum Gasteiger partial charge on any atom is -0.495 e. The number of nitro benzene ring substituents is 1. The molecule has 1 amide bonds. The monoisotopic (exact) mass is 433 g/mol. The van der Waals surface area contributed by atoms with Gasteiger partial charge in [-0.15, -0.1) is 0 Å². The molecule has 0 aromatic heterocycles. The zero-order chi connectivity index (χ0) is 21.7. The Labute approximate surface area is 174 Å². The van der Waals surface area contributed by atoms with Crippen LogP contribution in [0.3, 0.4) is 0 Å². The number of ether oxygens (including phenoxy) is 1. The van der Waals surface area contributed by atoms with Gasteiger partial charge in [0.25, 0.3) is 5.69 Å². The quantitative estimate of drug-likeness (QED) is 0.530. The van der Waals surface area contributed by atoms with E-state index in [0.29, 0.717) is 24.4 Å². The standard InChI is InChI=1S/C20H23N3O6S/c1-29-19-10-9-17(30(27,28)22-11-3-2-4-12-22)14-18(19)21-20(24)13-15-5-7-16(8-6-15)23(25)26/h5-10,14H,2-4,11-13H2,1H3,(H,21,24). The van der Waals surface area contributed by atoms with Crippen molar-refractivity contribution in [2.75, 3.05) is 25.5 Å². The van der Waals surface area contributed by atoms with Crippen molar-refractivity contribution in [3.05, 3.63) is 58.1 Å². The molecule has 10 heteroatoms. The summed E-state index contributed by atoms with van der Waals surface area (Å²) in [6.07, 6.45) is 2.64. The summed E-state index contributed by atoms with van der Waals surface area (Å²) in [5.74, 6) is -0.0562. The van der Waals surface area contributed by atoms with Gasteiger partial charge >= 0.3 is 0 Å². The van der Waals surface area contributed by atoms with Gasteiger partial charge in [-0.25, -0.2) is 8.42 Å². The van der Waals surface area contributed by atoms with Gasteiger partial charge in [-0.3, -0.25) is 14.9 Å². The zero-order valence-electron chi connectivity index (χ0n) is 16.5. The number of carbonyl (C=O) groups excluding carboxylic acids is 1. The van der Waals surface area contributed by atoms with Crippen molar-refractivity contribution < 1.29 is 22.9 Å². The lowest BCUT2D eigenvalue weighted by Crippen LogP contribution is -2.35. The Hall–Kier alpha value is -2.98. The van der Waals surface area contributed by atoms with Crippen LogP contribution in [0, 0.1) is 10.1 Å². The number of hydrogen-bond donors (Lipinski definition) is 1. The first-order valence-electron chi connectivity index (χ1n) is 9.52. The normalized spacial score (nSPS) is 14.8. The fourth-order valence-electron chi connectivity index (χ4n) is 3.31. The van der Waals surface area contributed by atoms with E-state index in [1.165, 1.54) is 53.9 Å². The number of nitro groups is 1. The minimum atomic E-state index is -3.65. The smallest absolute Gasteiger partial charge is 0.269 e. The summed E-state index contributed by atoms with van der Waals surface area (Å²) in [7, 11) is -2.22. The molecule has 0 unspecified atom stereocenters. The molecule has 0 aliphatic carbocycles. The highest BCUT2D eigenvalue weighted by Crippen LogP contribution is 2.30. The predicted molar refractivity (Wildman–Crippen MR) is 111 cm³/mol. The van der Waals surface area contributed by atoms with Gasteiger partial charge in [-0.1, -0.05) is 18.6 Å². The first-order chi connectivity index (χ1) is 14.3. The molecule has 1 fully saturated rings. The van der Waals surface area contributed by atoms with E-state index in [1.54, 1.807) is 0 Å². The molecule has 0 radical (unpaired) electrons. The number of methoxy groups -OCH3 is 1. The molecule has 1 saturated heterocycles. The van der Waals surface area contributed by atoms with Crippen molar-refractivity contribution in [3.8, 4) is 5.75 Å². The van der Waals surface area contributed by atoms with Crippen LogP contribution >= 0.6 is 0 Å². The van der Waals surface area contributed by atoms with Gasteiger partial charge in [0, 0.05) is 25.2 Å². The van der Waals surface area contributed by atoms with Crippen molar-refractivity contribution in [2.45, 2.75) is 30.6 Å². The molecular formula is C20H23N3O6S. The molecule has 1 aliphatic rings. The van der Waals surface area contributed by atoms with E-state index in [-0.39, 0.29) is 22.7 Å². The average molecular weight is 433 g/mol. The molecule has 160 valence electrons. The van der Waals surface area contributed by atoms with Gasteiger partial charge in [-0.2, -0.15) is 4.31 Å². The van der Waals surface area contributed by atoms with Crippen LogP contribution in [0.15, 0.2) is 47.4 Å². The summed E-state index contributed by atoms with van der Waals surface area (Å²) >= 11 is 0. The number of sulfonamides is 1. The summed E-state index contributed by atoms with van der Waals surface area (Å²) in [6, 6.07) is 10.0. The number of piperidine rings is 1. The van der Waals surface area contributed by atoms with Crippen LogP contribution in [0.25, 0.3) is 0 Å². The summed E-state index contributed by atoms with van der Waals surface area (Å²) < 4.78 is 32.6. The van der Waals surface area contributed by atoms with Crippen molar-refractivity contribution in [1.29, 1.82) is 0 Å². The number of hydrogen-bond acceptors (Lipinski definition) is 6. The van der Waals surface area contributed by atoms with Crippen molar-refractivity contribution >= 4 is 27.3 Å². The van der Waals surface area contributed by atoms with Crippen LogP contribution in [0.1, 0.15) is 24.8 Å². The molecule has 1 heterocycles. The minimum absolute atomic E-state index is 0.0236. The lowest BCUT2D eigenvalue weighted by molar-refractivity contribution is -0.384. The molecule has 2 aromatic carbocycles. The molecule has 0 spiro atoms. The molecule has 3 rings (SSSR count). The molecule has 9 nitrogen and oxygen atoms in total. The number of benzene rings is 2. The first-order valence-corrected chi connectivity index (χ1v) is 11.0. The van der Waals surface area contributed by atoms with Crippen LogP contribution in [-0.4, -0.2) is 43.8 Å². The van der Waals surface area contributed by atoms with Gasteiger partial charge in [0.1, 0.15) is 5.75 Å². The summed E-state index contributed by atoms with van der Waals surface area (Å²) in [4.78, 5) is 22.8. The van der Waals surface area contributed by atoms with E-state index >= 15 is 0 Å². The first kappa shape index (κ1) is 21.7. The zero-order valence-corrected chi connectivity index (χ0v) is 17.4. The Morgan fingerprint density at radius 3 is 2.40 bits per heavy atom. The molecule has 1 aliphatic heterocycles. The van der Waals surface area contributed by atoms with Crippen LogP contribution < -0.4 is 10.1 Å². The Kier molecular flexibility index (Phi) is 6.68. The molecule has 2 aromatic rings. The topological polar surface area (TPSA) is 119 Å². The Morgan fingerprint density at radius 2 is 1.80 bits per heavy atom. The van der Waals surface area contributed by atoms with Gasteiger partial charge in [0.05, 0.1) is 29.0 Å². The van der Waals surface area contributed by atoms with Crippen molar-refractivity contribution in [3.63, 3.8) is 0 Å². The predicted octanol–water partition coefficient (Wildman–Crippen LogP) is 2.96. The SMILES string of the molecule is COc1ccc(S(=O)(=O)N2CCCCC2)cc1NC(=O)Cc1ccc([N+](=O)[O-])cc1. The second kappa shape index (κ2) is 9.23. The van der Waals surface area contributed by atoms with Crippen LogP contribution in [0.5, 0.6) is 5.75 Å². The second-order valence-electron chi connectivity index (χ2n) is 6.98. The van der Waals surface area contributed by atoms with Gasteiger partial charge in [-0.05, 0) is 36.6 Å². The van der Waals surface area contributed by atoms with Gasteiger partial charge in [0.15, 0.2) is 0 Å². The number of carbonyl (C=O) groups is 1. The summed E-state index contributed by atoms with van der Waals surface area (Å²) in [5.41, 5.74) is 0.785. The van der Waals surface area contributed by atoms with E-state index in [9.17, 15) is 23.3 Å². The highest BCUT2D eigenvalue weighted by molar-refractivity contribution is 7.89. The van der Waals surface area contributed by atoms with Gasteiger partial charge < -0.3 is 10.1 Å². The molecule has 30 heavy (non-hydrogen) atoms. The number of anilines is 1. The third-order valence-electron chi connectivity index (χ3n) is 4.91. The highest BCUT2D eigenvalue weighted by atomic mass is 32.2. The maximum absolute atomic E-state index is 12.9. The number of rotatable bonds is 7. The fourth-order valence-corrected chi connectivity index (χ4v) is 4.86. The maximum atomic E-state index is 12.9. The fraction of sp³-hybridized carbons (Fsp3) is 0.350. The van der Waals surface area contributed by atoms with E-state index in [1.807, 2.05) is 0 Å². The van der Waals surface area contributed by atoms with E-state index in [4.69, 9.17) is 4.74 Å². The number of amides is 1. The average Bonchev–Trinajstić information content (AvgIpc) is 2.74. The van der Waals surface area contributed by atoms with Crippen LogP contribution in [-0.2, 0) is 21.2 Å². The molecule has 0 bridgehead atoms. The van der Waals surface area contributed by atoms with Crippen LogP contribution in [0.4, 0.5) is 11.4 Å². The Balaban J connectivity index is 1.78. The Morgan fingerprint density at radius 1 is 1.13 bits per heavy atom. The molecule has 1 N–H and O–H groups in total. The number of nitrogens with zero attached hydrogens (tertiary/aromatic N) is 2. The number of nitrogens with one attached hydrogen (secondary N) is 1. The van der Waals surface area contributed by atoms with E-state index < -0.39 is 20.9 Å². The van der Waals surface area contributed by atoms with E-state index in [2.05, 4.69) is 5.32 Å². The Bertz CT molecular complexity index is 1030. The largest absolute Gasteiger partial charge is 0.495 e. The molecule has 0 saturated carbocycles. The van der Waals surface area contributed by atoms with Gasteiger partial charge in [0.2, 0.25) is 15.9 Å². The van der Waals surface area contributed by atoms with Crippen LogP contribution in [0.2, 0.25) is 0 Å². The summed E-state index contributed by atoms with van der Waals surface area (Å²) in [5, 5.41) is 13.4. The lowest BCUT2D eigenvalue weighted by Gasteiger charge is -2.26. The third kappa shape index (κ3) is 4.95. The van der Waals surface area contributed by atoms with Crippen molar-refractivity contribution in [1.82, 2.24) is 4.31 Å². The molecule has 0 atom stereocenters.